The number of aromatic nitrogens is 3. The van der Waals surface area contributed by atoms with Gasteiger partial charge in [-0.1, -0.05) is 23.7 Å². The van der Waals surface area contributed by atoms with Crippen LogP contribution in [0, 0.1) is 6.92 Å². The second-order valence-corrected chi connectivity index (χ2v) is 11.1. The van der Waals surface area contributed by atoms with Gasteiger partial charge in [-0.05, 0) is 51.6 Å². The summed E-state index contributed by atoms with van der Waals surface area (Å²) in [6.07, 6.45) is 3.05. The Hall–Kier alpha value is -1.88. The molecule has 4 rings (SSSR count). The normalized spacial score (nSPS) is 17.8. The Labute approximate surface area is 169 Å². The first-order chi connectivity index (χ1) is 13.3. The zero-order valence-electron chi connectivity index (χ0n) is 16.3. The number of nitrogens with one attached hydrogen (secondary N) is 1. The number of rotatable bonds is 4. The van der Waals surface area contributed by atoms with Crippen molar-refractivity contribution in [1.82, 2.24) is 14.5 Å². The van der Waals surface area contributed by atoms with Crippen LogP contribution in [0.4, 0.5) is 11.4 Å². The number of halogens is 1. The Balaban J connectivity index is 1.82. The number of imidazole rings is 1. The number of aryl methyl sites for hydroxylation is 1. The standard InChI is InChI=1S/C20H24ClN4O2P/c1-13-22-19-15(23-14-8-4-5-9-16(14)28(2,3)26)12-17(21)24-20(19)25(13)18-10-6-7-11-27-18/h4-5,8-9,12,18H,6-7,10-11H2,1-3H3,(H,23,24). The number of benzene rings is 1. The molecule has 0 aliphatic carbocycles. The van der Waals surface area contributed by atoms with E-state index in [1.165, 1.54) is 0 Å². The minimum atomic E-state index is -2.45. The van der Waals surface area contributed by atoms with Crippen LogP contribution in [0.2, 0.25) is 5.15 Å². The van der Waals surface area contributed by atoms with Crippen molar-refractivity contribution in [1.29, 1.82) is 0 Å². The molecule has 0 amide bonds. The average molecular weight is 419 g/mol. The van der Waals surface area contributed by atoms with Gasteiger partial charge >= 0.3 is 0 Å². The molecule has 1 aromatic carbocycles. The second kappa shape index (κ2) is 7.51. The van der Waals surface area contributed by atoms with Gasteiger partial charge < -0.3 is 14.6 Å². The van der Waals surface area contributed by atoms with Gasteiger partial charge in [-0.15, -0.1) is 0 Å². The van der Waals surface area contributed by atoms with Gasteiger partial charge in [-0.2, -0.15) is 0 Å². The fourth-order valence-corrected chi connectivity index (χ4v) is 5.05. The number of hydrogen-bond acceptors (Lipinski definition) is 5. The van der Waals surface area contributed by atoms with Crippen LogP contribution in [-0.2, 0) is 9.30 Å². The van der Waals surface area contributed by atoms with E-state index in [1.54, 1.807) is 19.4 Å². The number of hydrogen-bond donors (Lipinski definition) is 1. The van der Waals surface area contributed by atoms with Crippen LogP contribution in [0.3, 0.4) is 0 Å². The number of para-hydroxylation sites is 1. The Bertz CT molecular complexity index is 1070. The number of ether oxygens (including phenoxy) is 1. The molecule has 28 heavy (non-hydrogen) atoms. The fraction of sp³-hybridized carbons (Fsp3) is 0.400. The van der Waals surface area contributed by atoms with Gasteiger partial charge in [0.2, 0.25) is 0 Å². The SMILES string of the molecule is Cc1nc2c(Nc3ccccc3P(C)(C)=O)cc(Cl)nc2n1C1CCCCO1. The quantitative estimate of drug-likeness (QED) is 0.472. The maximum absolute atomic E-state index is 12.7. The Morgan fingerprint density at radius 1 is 1.21 bits per heavy atom. The molecule has 0 saturated carbocycles. The molecule has 1 N–H and O–H groups in total. The number of pyridine rings is 1. The summed E-state index contributed by atoms with van der Waals surface area (Å²) in [4.78, 5) is 9.28. The molecular formula is C20H24ClN4O2P. The highest BCUT2D eigenvalue weighted by Crippen LogP contribution is 2.39. The topological polar surface area (TPSA) is 69.0 Å². The summed E-state index contributed by atoms with van der Waals surface area (Å²) in [6, 6.07) is 9.39. The van der Waals surface area contributed by atoms with E-state index in [1.807, 2.05) is 35.8 Å². The molecule has 1 aliphatic rings. The average Bonchev–Trinajstić information content (AvgIpc) is 2.98. The van der Waals surface area contributed by atoms with Crippen molar-refractivity contribution < 1.29 is 9.30 Å². The molecule has 0 bridgehead atoms. The second-order valence-electron chi connectivity index (χ2n) is 7.51. The van der Waals surface area contributed by atoms with Crippen LogP contribution in [0.5, 0.6) is 0 Å². The van der Waals surface area contributed by atoms with Crippen molar-refractivity contribution in [2.45, 2.75) is 32.4 Å². The third-order valence-corrected chi connectivity index (χ3v) is 6.73. The molecule has 0 radical (unpaired) electrons. The first kappa shape index (κ1) is 19.4. The minimum Gasteiger partial charge on any atom is -0.358 e. The predicted molar refractivity (Wildman–Crippen MR) is 115 cm³/mol. The molecule has 3 aromatic rings. The van der Waals surface area contributed by atoms with Crippen molar-refractivity contribution in [2.24, 2.45) is 0 Å². The van der Waals surface area contributed by atoms with Crippen molar-refractivity contribution in [3.8, 4) is 0 Å². The predicted octanol–water partition coefficient (Wildman–Crippen LogP) is 5.08. The maximum atomic E-state index is 12.7. The van der Waals surface area contributed by atoms with Gasteiger partial charge in [0.25, 0.3) is 0 Å². The minimum absolute atomic E-state index is 0.0728. The third-order valence-electron chi connectivity index (χ3n) is 4.99. The first-order valence-electron chi connectivity index (χ1n) is 9.43. The largest absolute Gasteiger partial charge is 0.358 e. The summed E-state index contributed by atoms with van der Waals surface area (Å²) >= 11 is 6.35. The number of anilines is 2. The molecule has 3 heterocycles. The van der Waals surface area contributed by atoms with Crippen molar-refractivity contribution in [3.05, 3.63) is 41.3 Å². The molecule has 1 unspecified atom stereocenters. The molecule has 6 nitrogen and oxygen atoms in total. The molecule has 148 valence electrons. The number of nitrogens with zero attached hydrogens (tertiary/aromatic N) is 3. The van der Waals surface area contributed by atoms with E-state index >= 15 is 0 Å². The van der Waals surface area contributed by atoms with Crippen LogP contribution in [0.15, 0.2) is 30.3 Å². The molecule has 1 fully saturated rings. The van der Waals surface area contributed by atoms with Crippen LogP contribution in [0.1, 0.15) is 31.3 Å². The lowest BCUT2D eigenvalue weighted by Gasteiger charge is -2.25. The van der Waals surface area contributed by atoms with Gasteiger partial charge in [-0.3, -0.25) is 4.57 Å². The third kappa shape index (κ3) is 3.69. The highest BCUT2D eigenvalue weighted by atomic mass is 35.5. The van der Waals surface area contributed by atoms with Crippen molar-refractivity contribution in [3.63, 3.8) is 0 Å². The zero-order chi connectivity index (χ0) is 19.9. The monoisotopic (exact) mass is 418 g/mol. The van der Waals surface area contributed by atoms with Gasteiger partial charge in [-0.25, -0.2) is 9.97 Å². The van der Waals surface area contributed by atoms with E-state index in [0.717, 1.165) is 53.9 Å². The summed E-state index contributed by atoms with van der Waals surface area (Å²) in [6.45, 7) is 6.23. The molecule has 8 heteroatoms. The molecular weight excluding hydrogens is 395 g/mol. The summed E-state index contributed by atoms with van der Waals surface area (Å²) in [5.41, 5.74) is 2.97. The van der Waals surface area contributed by atoms with E-state index < -0.39 is 7.14 Å². The van der Waals surface area contributed by atoms with Gasteiger partial charge in [0.1, 0.15) is 29.9 Å². The molecule has 1 atom stereocenters. The van der Waals surface area contributed by atoms with Crippen molar-refractivity contribution in [2.75, 3.05) is 25.3 Å². The highest BCUT2D eigenvalue weighted by Gasteiger charge is 2.24. The summed E-state index contributed by atoms with van der Waals surface area (Å²) in [7, 11) is -2.45. The van der Waals surface area contributed by atoms with E-state index in [-0.39, 0.29) is 6.23 Å². The number of fused-ring (bicyclic) bond motifs is 1. The van der Waals surface area contributed by atoms with Crippen LogP contribution >= 0.6 is 18.7 Å². The maximum Gasteiger partial charge on any atom is 0.166 e. The molecule has 2 aromatic heterocycles. The van der Waals surface area contributed by atoms with E-state index in [0.29, 0.717) is 10.8 Å². The Morgan fingerprint density at radius 3 is 2.71 bits per heavy atom. The van der Waals surface area contributed by atoms with E-state index in [2.05, 4.69) is 10.3 Å². The lowest BCUT2D eigenvalue weighted by atomic mass is 10.2. The van der Waals surface area contributed by atoms with Crippen LogP contribution < -0.4 is 10.6 Å². The summed E-state index contributed by atoms with van der Waals surface area (Å²) in [5, 5.41) is 4.56. The van der Waals surface area contributed by atoms with Gasteiger partial charge in [0.05, 0.1) is 5.69 Å². The van der Waals surface area contributed by atoms with Gasteiger partial charge in [0.15, 0.2) is 5.65 Å². The first-order valence-corrected chi connectivity index (χ1v) is 12.4. The molecule has 0 spiro atoms. The molecule has 1 saturated heterocycles. The highest BCUT2D eigenvalue weighted by molar-refractivity contribution is 7.70. The fourth-order valence-electron chi connectivity index (χ4n) is 3.70. The summed E-state index contributed by atoms with van der Waals surface area (Å²) < 4.78 is 20.7. The lowest BCUT2D eigenvalue weighted by Crippen LogP contribution is -2.19. The lowest BCUT2D eigenvalue weighted by molar-refractivity contribution is -0.0309. The Morgan fingerprint density at radius 2 is 2.00 bits per heavy atom. The summed E-state index contributed by atoms with van der Waals surface area (Å²) in [5.74, 6) is 0.838. The van der Waals surface area contributed by atoms with Crippen LogP contribution in [0.25, 0.3) is 11.2 Å². The Kier molecular flexibility index (Phi) is 5.21. The van der Waals surface area contributed by atoms with E-state index in [4.69, 9.17) is 21.3 Å². The molecule has 1 aliphatic heterocycles. The van der Waals surface area contributed by atoms with E-state index in [9.17, 15) is 4.57 Å². The smallest absolute Gasteiger partial charge is 0.166 e. The van der Waals surface area contributed by atoms with Crippen LogP contribution in [-0.4, -0.2) is 34.5 Å². The van der Waals surface area contributed by atoms with Crippen molar-refractivity contribution >= 4 is 46.6 Å². The van der Waals surface area contributed by atoms with Gasteiger partial charge in [0, 0.05) is 23.7 Å². The zero-order valence-corrected chi connectivity index (χ0v) is 17.9.